The first-order chi connectivity index (χ1) is 13.0. The Balaban J connectivity index is 1.84. The zero-order chi connectivity index (χ0) is 19.6. The van der Waals surface area contributed by atoms with Gasteiger partial charge in [0, 0.05) is 12.5 Å². The van der Waals surface area contributed by atoms with E-state index in [1.54, 1.807) is 4.90 Å². The smallest absolute Gasteiger partial charge is 0.426 e. The van der Waals surface area contributed by atoms with Crippen molar-refractivity contribution in [3.63, 3.8) is 0 Å². The fourth-order valence-electron chi connectivity index (χ4n) is 3.06. The van der Waals surface area contributed by atoms with Crippen molar-refractivity contribution in [2.24, 2.45) is 5.73 Å². The first kappa shape index (κ1) is 21.4. The van der Waals surface area contributed by atoms with Crippen molar-refractivity contribution >= 4 is 18.9 Å². The van der Waals surface area contributed by atoms with Crippen LogP contribution in [0.4, 0.5) is 0 Å². The van der Waals surface area contributed by atoms with Gasteiger partial charge in [0.05, 0.1) is 12.5 Å². The molecule has 0 spiro atoms. The molecule has 1 aliphatic carbocycles. The first-order valence-electron chi connectivity index (χ1n) is 9.70. The molecule has 1 fully saturated rings. The number of carbonyl (C=O) groups is 2. The summed E-state index contributed by atoms with van der Waals surface area (Å²) in [4.78, 5) is 26.6. The van der Waals surface area contributed by atoms with Gasteiger partial charge in [0.2, 0.25) is 11.8 Å². The molecule has 1 saturated carbocycles. The van der Waals surface area contributed by atoms with Crippen molar-refractivity contribution in [2.45, 2.75) is 56.9 Å². The van der Waals surface area contributed by atoms with Crippen LogP contribution in [0.15, 0.2) is 30.3 Å². The zero-order valence-electron chi connectivity index (χ0n) is 15.7. The Morgan fingerprint density at radius 2 is 1.93 bits per heavy atom. The van der Waals surface area contributed by atoms with E-state index in [4.69, 9.17) is 5.73 Å². The average molecular weight is 375 g/mol. The Labute approximate surface area is 161 Å². The summed E-state index contributed by atoms with van der Waals surface area (Å²) in [5.74, 6) is -1.15. The molecule has 1 aromatic carbocycles. The fraction of sp³-hybridized carbons (Fsp3) is 0.579. The van der Waals surface area contributed by atoms with Crippen molar-refractivity contribution in [1.82, 2.24) is 10.2 Å². The molecule has 2 rings (SSSR count). The summed E-state index contributed by atoms with van der Waals surface area (Å²) >= 11 is 0. The van der Waals surface area contributed by atoms with Crippen LogP contribution in [0.3, 0.4) is 0 Å². The molecule has 7 nitrogen and oxygen atoms in total. The van der Waals surface area contributed by atoms with E-state index >= 15 is 0 Å². The topological polar surface area (TPSA) is 116 Å². The second-order valence-electron chi connectivity index (χ2n) is 7.11. The molecule has 8 heteroatoms. The molecular weight excluding hydrogens is 345 g/mol. The minimum absolute atomic E-state index is 0.0410. The third-order valence-corrected chi connectivity index (χ3v) is 4.77. The van der Waals surface area contributed by atoms with Crippen molar-refractivity contribution in [2.75, 3.05) is 13.1 Å². The predicted molar refractivity (Wildman–Crippen MR) is 105 cm³/mol. The van der Waals surface area contributed by atoms with E-state index in [0.717, 1.165) is 24.8 Å². The number of benzene rings is 1. The SMILES string of the molecule is NCCCC[C@H](NC(=O)CN(C(=O)CCc1ccccc1)C1CC1)B(O)O. The Morgan fingerprint density at radius 3 is 2.52 bits per heavy atom. The second-order valence-corrected chi connectivity index (χ2v) is 7.11. The van der Waals surface area contributed by atoms with Gasteiger partial charge in [0.1, 0.15) is 0 Å². The second kappa shape index (κ2) is 11.1. The minimum Gasteiger partial charge on any atom is -0.426 e. The van der Waals surface area contributed by atoms with E-state index < -0.39 is 13.1 Å². The average Bonchev–Trinajstić information content (AvgIpc) is 3.49. The van der Waals surface area contributed by atoms with Crippen LogP contribution < -0.4 is 11.1 Å². The molecule has 27 heavy (non-hydrogen) atoms. The van der Waals surface area contributed by atoms with E-state index in [1.807, 2.05) is 30.3 Å². The maximum absolute atomic E-state index is 12.6. The van der Waals surface area contributed by atoms with Gasteiger partial charge in [-0.1, -0.05) is 36.8 Å². The molecular formula is C19H30BN3O4. The summed E-state index contributed by atoms with van der Waals surface area (Å²) in [6.45, 7) is 0.478. The van der Waals surface area contributed by atoms with Gasteiger partial charge >= 0.3 is 7.12 Å². The van der Waals surface area contributed by atoms with Crippen LogP contribution in [0.1, 0.15) is 44.1 Å². The maximum atomic E-state index is 12.6. The minimum atomic E-state index is -1.63. The highest BCUT2D eigenvalue weighted by Gasteiger charge is 2.34. The summed E-state index contributed by atoms with van der Waals surface area (Å²) in [7, 11) is -1.63. The van der Waals surface area contributed by atoms with E-state index in [9.17, 15) is 19.6 Å². The number of rotatable bonds is 12. The van der Waals surface area contributed by atoms with Crippen molar-refractivity contribution < 1.29 is 19.6 Å². The quantitative estimate of drug-likeness (QED) is 0.309. The summed E-state index contributed by atoms with van der Waals surface area (Å²) in [6.07, 6.45) is 4.70. The van der Waals surface area contributed by atoms with Crippen molar-refractivity contribution in [3.05, 3.63) is 35.9 Å². The molecule has 0 bridgehead atoms. The molecule has 0 aliphatic heterocycles. The molecule has 0 heterocycles. The number of hydrogen-bond acceptors (Lipinski definition) is 5. The van der Waals surface area contributed by atoms with E-state index in [1.165, 1.54) is 0 Å². The number of unbranched alkanes of at least 4 members (excludes halogenated alkanes) is 1. The molecule has 1 aliphatic rings. The third-order valence-electron chi connectivity index (χ3n) is 4.77. The Kier molecular flexibility index (Phi) is 8.77. The van der Waals surface area contributed by atoms with E-state index in [0.29, 0.717) is 32.2 Å². The number of hydrogen-bond donors (Lipinski definition) is 4. The van der Waals surface area contributed by atoms with Gasteiger partial charge in [-0.25, -0.2) is 0 Å². The van der Waals surface area contributed by atoms with Crippen LogP contribution in [0.2, 0.25) is 0 Å². The zero-order valence-corrected chi connectivity index (χ0v) is 15.7. The van der Waals surface area contributed by atoms with E-state index in [2.05, 4.69) is 5.32 Å². The normalized spacial score (nSPS) is 14.5. The molecule has 2 amide bonds. The lowest BCUT2D eigenvalue weighted by atomic mass is 9.76. The van der Waals surface area contributed by atoms with Crippen LogP contribution in [0, 0.1) is 0 Å². The summed E-state index contributed by atoms with van der Waals surface area (Å²) in [6, 6.07) is 9.90. The van der Waals surface area contributed by atoms with Gasteiger partial charge in [-0.15, -0.1) is 0 Å². The highest BCUT2D eigenvalue weighted by molar-refractivity contribution is 6.43. The summed E-state index contributed by atoms with van der Waals surface area (Å²) < 4.78 is 0. The molecule has 1 atom stereocenters. The van der Waals surface area contributed by atoms with Gasteiger partial charge in [-0.3, -0.25) is 9.59 Å². The summed E-state index contributed by atoms with van der Waals surface area (Å²) in [5.41, 5.74) is 6.54. The highest BCUT2D eigenvalue weighted by Crippen LogP contribution is 2.27. The number of carbonyl (C=O) groups excluding carboxylic acids is 2. The van der Waals surface area contributed by atoms with Crippen LogP contribution in [0.5, 0.6) is 0 Å². The standard InChI is InChI=1S/C19H30BN3O4/c21-13-5-4-8-17(20(26)27)22-18(24)14-23(16-10-11-16)19(25)12-9-15-6-2-1-3-7-15/h1-3,6-7,16-17,26-27H,4-5,8-14,21H2,(H,22,24)/t17-/m0/s1. The Bertz CT molecular complexity index is 596. The molecule has 0 unspecified atom stereocenters. The molecule has 1 aromatic rings. The van der Waals surface area contributed by atoms with Crippen LogP contribution in [-0.4, -0.2) is 59.0 Å². The van der Waals surface area contributed by atoms with Crippen LogP contribution >= 0.6 is 0 Å². The van der Waals surface area contributed by atoms with Gasteiger partial charge in [-0.05, 0) is 44.2 Å². The maximum Gasteiger partial charge on any atom is 0.475 e. The van der Waals surface area contributed by atoms with Gasteiger partial charge < -0.3 is 26.0 Å². The van der Waals surface area contributed by atoms with Crippen LogP contribution in [-0.2, 0) is 16.0 Å². The Morgan fingerprint density at radius 1 is 1.22 bits per heavy atom. The van der Waals surface area contributed by atoms with Gasteiger partial charge in [-0.2, -0.15) is 0 Å². The third kappa shape index (κ3) is 7.70. The number of nitrogens with one attached hydrogen (secondary N) is 1. The van der Waals surface area contributed by atoms with Crippen LogP contribution in [0.25, 0.3) is 0 Å². The fourth-order valence-corrected chi connectivity index (χ4v) is 3.06. The highest BCUT2D eigenvalue weighted by atomic mass is 16.4. The number of aryl methyl sites for hydroxylation is 1. The first-order valence-corrected chi connectivity index (χ1v) is 9.70. The molecule has 0 aromatic heterocycles. The van der Waals surface area contributed by atoms with Crippen molar-refractivity contribution in [3.8, 4) is 0 Å². The van der Waals surface area contributed by atoms with E-state index in [-0.39, 0.29) is 24.4 Å². The molecule has 148 valence electrons. The monoisotopic (exact) mass is 375 g/mol. The molecule has 0 radical (unpaired) electrons. The van der Waals surface area contributed by atoms with Crippen molar-refractivity contribution in [1.29, 1.82) is 0 Å². The number of nitrogens with zero attached hydrogens (tertiary/aromatic N) is 1. The lowest BCUT2D eigenvalue weighted by Gasteiger charge is -2.24. The lowest BCUT2D eigenvalue weighted by Crippen LogP contribution is -2.50. The molecule has 0 saturated heterocycles. The Hall–Kier alpha value is -1.90. The predicted octanol–water partition coefficient (Wildman–Crippen LogP) is 0.236. The lowest BCUT2D eigenvalue weighted by molar-refractivity contribution is -0.136. The number of amides is 2. The number of nitrogens with two attached hydrogens (primary N) is 1. The largest absolute Gasteiger partial charge is 0.475 e. The summed E-state index contributed by atoms with van der Waals surface area (Å²) in [5, 5.41) is 21.6. The van der Waals surface area contributed by atoms with Gasteiger partial charge in [0.25, 0.3) is 0 Å². The van der Waals surface area contributed by atoms with Gasteiger partial charge in [0.15, 0.2) is 0 Å². The molecule has 5 N–H and O–H groups in total.